The van der Waals surface area contributed by atoms with E-state index in [4.69, 9.17) is 14.2 Å². The third-order valence-electron chi connectivity index (χ3n) is 4.42. The van der Waals surface area contributed by atoms with Crippen LogP contribution in [0.1, 0.15) is 45.6 Å². The molecule has 1 saturated heterocycles. The highest BCUT2D eigenvalue weighted by molar-refractivity contribution is 8.13. The zero-order valence-electron chi connectivity index (χ0n) is 15.5. The molecule has 1 heterocycles. The van der Waals surface area contributed by atoms with E-state index < -0.39 is 5.97 Å². The summed E-state index contributed by atoms with van der Waals surface area (Å²) >= 11 is 1.39. The summed E-state index contributed by atoms with van der Waals surface area (Å²) in [5, 5.41) is 0.224. The van der Waals surface area contributed by atoms with Crippen LogP contribution in [0.2, 0.25) is 0 Å². The quantitative estimate of drug-likeness (QED) is 0.605. The molecule has 1 aromatic carbocycles. The van der Waals surface area contributed by atoms with E-state index in [1.165, 1.54) is 17.3 Å². The van der Waals surface area contributed by atoms with Crippen molar-refractivity contribution in [3.05, 3.63) is 35.9 Å². The molecule has 0 amide bonds. The molecular formula is C20H30O4S. The monoisotopic (exact) mass is 366 g/mol. The van der Waals surface area contributed by atoms with Crippen molar-refractivity contribution in [3.8, 4) is 0 Å². The lowest BCUT2D eigenvalue weighted by Gasteiger charge is -2.43. The first kappa shape index (κ1) is 20.4. The normalized spacial score (nSPS) is 22.7. The van der Waals surface area contributed by atoms with Crippen molar-refractivity contribution >= 4 is 16.9 Å². The van der Waals surface area contributed by atoms with Gasteiger partial charge >= 0.3 is 0 Å². The van der Waals surface area contributed by atoms with Gasteiger partial charge in [0.1, 0.15) is 0 Å². The van der Waals surface area contributed by atoms with Gasteiger partial charge in [0.25, 0.3) is 5.97 Å². The lowest BCUT2D eigenvalue weighted by molar-refractivity contribution is -0.410. The van der Waals surface area contributed by atoms with Gasteiger partial charge in [0.2, 0.25) is 0 Å². The fourth-order valence-corrected chi connectivity index (χ4v) is 4.08. The predicted molar refractivity (Wildman–Crippen MR) is 101 cm³/mol. The minimum Gasteiger partial charge on any atom is -0.328 e. The molecule has 1 aromatic rings. The van der Waals surface area contributed by atoms with E-state index in [1.54, 1.807) is 0 Å². The summed E-state index contributed by atoms with van der Waals surface area (Å²) in [6, 6.07) is 10.3. The summed E-state index contributed by atoms with van der Waals surface area (Å²) in [5.41, 5.74) is 1.25. The number of carbonyl (C=O) groups is 1. The maximum atomic E-state index is 12.5. The van der Waals surface area contributed by atoms with E-state index >= 15 is 0 Å². The van der Waals surface area contributed by atoms with Gasteiger partial charge in [0.15, 0.2) is 5.12 Å². The van der Waals surface area contributed by atoms with E-state index in [2.05, 4.69) is 12.1 Å². The molecule has 0 radical (unpaired) electrons. The van der Waals surface area contributed by atoms with Crippen LogP contribution in [0.5, 0.6) is 0 Å². The van der Waals surface area contributed by atoms with Crippen LogP contribution in [0.4, 0.5) is 0 Å². The average Bonchev–Trinajstić information content (AvgIpc) is 2.61. The molecular weight excluding hydrogens is 336 g/mol. The van der Waals surface area contributed by atoms with Crippen LogP contribution < -0.4 is 0 Å². The van der Waals surface area contributed by atoms with Crippen molar-refractivity contribution in [3.63, 3.8) is 0 Å². The van der Waals surface area contributed by atoms with Crippen molar-refractivity contribution in [2.45, 2.75) is 58.5 Å². The summed E-state index contributed by atoms with van der Waals surface area (Å²) in [5.74, 6) is -0.302. The van der Waals surface area contributed by atoms with E-state index in [0.29, 0.717) is 19.6 Å². The number of aryl methyl sites for hydroxylation is 1. The molecule has 25 heavy (non-hydrogen) atoms. The molecule has 2 rings (SSSR count). The Bertz CT molecular complexity index is 514. The molecule has 5 heteroatoms. The summed E-state index contributed by atoms with van der Waals surface area (Å²) < 4.78 is 17.9. The van der Waals surface area contributed by atoms with Crippen molar-refractivity contribution < 1.29 is 19.0 Å². The highest BCUT2D eigenvalue weighted by atomic mass is 32.2. The molecule has 2 atom stereocenters. The maximum Gasteiger partial charge on any atom is 0.283 e. The highest BCUT2D eigenvalue weighted by Gasteiger charge is 2.45. The fraction of sp³-hybridized carbons (Fsp3) is 0.650. The number of benzene rings is 1. The topological polar surface area (TPSA) is 44.8 Å². The Morgan fingerprint density at radius 3 is 2.48 bits per heavy atom. The Morgan fingerprint density at radius 1 is 1.20 bits per heavy atom. The maximum absolute atomic E-state index is 12.5. The Kier molecular flexibility index (Phi) is 8.43. The third kappa shape index (κ3) is 5.81. The molecule has 0 saturated carbocycles. The van der Waals surface area contributed by atoms with Crippen LogP contribution in [-0.4, -0.2) is 36.2 Å². The SMILES string of the molecule is CCOC1(OCC)CC[C@@H](C(=O)SCC)[C@H](CCc2ccccc2)O1. The van der Waals surface area contributed by atoms with Crippen molar-refractivity contribution in [1.29, 1.82) is 0 Å². The van der Waals surface area contributed by atoms with Gasteiger partial charge in [-0.3, -0.25) is 4.79 Å². The Hall–Kier alpha value is -0.880. The predicted octanol–water partition coefficient (Wildman–Crippen LogP) is 4.42. The first-order chi connectivity index (χ1) is 12.1. The second kappa shape index (κ2) is 10.3. The second-order valence-electron chi connectivity index (χ2n) is 6.13. The van der Waals surface area contributed by atoms with Gasteiger partial charge in [-0.1, -0.05) is 49.0 Å². The van der Waals surface area contributed by atoms with Gasteiger partial charge in [-0.15, -0.1) is 0 Å². The van der Waals surface area contributed by atoms with Crippen LogP contribution in [0.15, 0.2) is 30.3 Å². The first-order valence-electron chi connectivity index (χ1n) is 9.30. The molecule has 0 aliphatic carbocycles. The zero-order chi connectivity index (χ0) is 18.1. The number of thioether (sulfide) groups is 1. The second-order valence-corrected chi connectivity index (χ2v) is 7.40. The van der Waals surface area contributed by atoms with Gasteiger partial charge in [-0.25, -0.2) is 0 Å². The van der Waals surface area contributed by atoms with E-state index in [-0.39, 0.29) is 17.1 Å². The molecule has 0 aromatic heterocycles. The molecule has 140 valence electrons. The lowest BCUT2D eigenvalue weighted by Crippen LogP contribution is -2.50. The summed E-state index contributed by atoms with van der Waals surface area (Å²) in [4.78, 5) is 12.5. The summed E-state index contributed by atoms with van der Waals surface area (Å²) in [6.45, 7) is 6.93. The number of hydrogen-bond donors (Lipinski definition) is 0. The number of ether oxygens (including phenoxy) is 3. The summed E-state index contributed by atoms with van der Waals surface area (Å²) in [7, 11) is 0. The van der Waals surface area contributed by atoms with Gasteiger partial charge in [-0.2, -0.15) is 0 Å². The molecule has 4 nitrogen and oxygen atoms in total. The number of carbonyl (C=O) groups excluding carboxylic acids is 1. The minimum atomic E-state index is -1.00. The average molecular weight is 367 g/mol. The molecule has 0 unspecified atom stereocenters. The van der Waals surface area contributed by atoms with Crippen LogP contribution in [-0.2, 0) is 25.4 Å². The molecule has 1 fully saturated rings. The van der Waals surface area contributed by atoms with E-state index in [9.17, 15) is 4.79 Å². The molecule has 1 aliphatic rings. The van der Waals surface area contributed by atoms with Gasteiger partial charge in [0, 0.05) is 19.6 Å². The molecule has 0 bridgehead atoms. The van der Waals surface area contributed by atoms with E-state index in [0.717, 1.165) is 25.0 Å². The Labute approximate surface area is 155 Å². The van der Waals surface area contributed by atoms with Crippen LogP contribution in [0, 0.1) is 5.92 Å². The van der Waals surface area contributed by atoms with Gasteiger partial charge < -0.3 is 14.2 Å². The molecule has 1 aliphatic heterocycles. The van der Waals surface area contributed by atoms with Crippen LogP contribution in [0.3, 0.4) is 0 Å². The Morgan fingerprint density at radius 2 is 1.88 bits per heavy atom. The van der Waals surface area contributed by atoms with Crippen molar-refractivity contribution in [2.24, 2.45) is 5.92 Å². The van der Waals surface area contributed by atoms with Crippen molar-refractivity contribution in [1.82, 2.24) is 0 Å². The standard InChI is InChI=1S/C20H30O4S/c1-4-22-20(23-5-2)15-14-17(19(21)25-6-3)18(24-20)13-12-16-10-8-7-9-11-16/h7-11,17-18H,4-6,12-15H2,1-3H3/t17-,18+/m1/s1. The smallest absolute Gasteiger partial charge is 0.283 e. The van der Waals surface area contributed by atoms with E-state index in [1.807, 2.05) is 39.0 Å². The largest absolute Gasteiger partial charge is 0.328 e. The van der Waals surface area contributed by atoms with Gasteiger partial charge in [0.05, 0.1) is 12.0 Å². The van der Waals surface area contributed by atoms with Crippen LogP contribution in [0.25, 0.3) is 0 Å². The Balaban J connectivity index is 2.11. The lowest BCUT2D eigenvalue weighted by atomic mass is 9.90. The van der Waals surface area contributed by atoms with Gasteiger partial charge in [-0.05, 0) is 44.4 Å². The summed E-state index contributed by atoms with van der Waals surface area (Å²) in [6.07, 6.45) is 2.81. The third-order valence-corrected chi connectivity index (χ3v) is 5.30. The zero-order valence-corrected chi connectivity index (χ0v) is 16.3. The molecule has 0 N–H and O–H groups in total. The number of hydrogen-bond acceptors (Lipinski definition) is 5. The minimum absolute atomic E-state index is 0.0947. The fourth-order valence-electron chi connectivity index (χ4n) is 3.32. The molecule has 0 spiro atoms. The first-order valence-corrected chi connectivity index (χ1v) is 10.3. The number of rotatable bonds is 9. The van der Waals surface area contributed by atoms with Crippen molar-refractivity contribution in [2.75, 3.05) is 19.0 Å². The van der Waals surface area contributed by atoms with Crippen LogP contribution >= 0.6 is 11.8 Å². The highest BCUT2D eigenvalue weighted by Crippen LogP contribution is 2.38.